The topological polar surface area (TPSA) is 89.8 Å². The molecule has 0 aliphatic rings. The van der Waals surface area contributed by atoms with E-state index in [4.69, 9.17) is 4.74 Å². The summed E-state index contributed by atoms with van der Waals surface area (Å²) in [6, 6.07) is 8.66. The van der Waals surface area contributed by atoms with Crippen molar-refractivity contribution in [2.45, 2.75) is 18.7 Å². The summed E-state index contributed by atoms with van der Waals surface area (Å²) in [6.07, 6.45) is 1.44. The fourth-order valence-electron chi connectivity index (χ4n) is 2.56. The highest BCUT2D eigenvalue weighted by Gasteiger charge is 2.27. The molecule has 0 N–H and O–H groups in total. The van der Waals surface area contributed by atoms with Gasteiger partial charge in [0.25, 0.3) is 15.7 Å². The van der Waals surface area contributed by atoms with Gasteiger partial charge in [-0.05, 0) is 43.2 Å². The molecular weight excluding hydrogens is 356 g/mol. The Balaban J connectivity index is 2.62. The summed E-state index contributed by atoms with van der Waals surface area (Å²) in [6.45, 7) is 7.03. The average Bonchev–Trinajstić information content (AvgIpc) is 2.60. The minimum atomic E-state index is -3.94. The number of rotatable bonds is 7. The summed E-state index contributed by atoms with van der Waals surface area (Å²) in [7, 11) is -2.44. The van der Waals surface area contributed by atoms with Crippen LogP contribution in [-0.2, 0) is 10.0 Å². The number of anilines is 1. The quantitative estimate of drug-likeness (QED) is 0.418. The van der Waals surface area contributed by atoms with E-state index < -0.39 is 14.9 Å². The lowest BCUT2D eigenvalue weighted by molar-refractivity contribution is -0.384. The third-order valence-electron chi connectivity index (χ3n) is 3.92. The highest BCUT2D eigenvalue weighted by molar-refractivity contribution is 7.92. The SMILES string of the molecule is C=CCN(c1cc([N+](=O)[O-])ccc1C)S(=O)(=O)c1ccc(OC)c(C)c1. The number of methoxy groups -OCH3 is 1. The summed E-state index contributed by atoms with van der Waals surface area (Å²) in [5.41, 5.74) is 1.34. The smallest absolute Gasteiger partial charge is 0.271 e. The van der Waals surface area contributed by atoms with E-state index in [9.17, 15) is 18.5 Å². The Morgan fingerprint density at radius 3 is 2.42 bits per heavy atom. The van der Waals surface area contributed by atoms with Crippen LogP contribution in [0.15, 0.2) is 53.9 Å². The van der Waals surface area contributed by atoms with Crippen LogP contribution in [0.1, 0.15) is 11.1 Å². The molecule has 2 aromatic carbocycles. The molecule has 0 radical (unpaired) electrons. The fraction of sp³-hybridized carbons (Fsp3) is 0.222. The second-order valence-electron chi connectivity index (χ2n) is 5.68. The first-order chi connectivity index (χ1) is 12.2. The van der Waals surface area contributed by atoms with E-state index in [1.165, 1.54) is 43.5 Å². The van der Waals surface area contributed by atoms with E-state index in [2.05, 4.69) is 6.58 Å². The van der Waals surface area contributed by atoms with Crippen molar-refractivity contribution in [3.63, 3.8) is 0 Å². The first kappa shape index (κ1) is 19.5. The number of benzene rings is 2. The molecule has 2 rings (SSSR count). The lowest BCUT2D eigenvalue weighted by Crippen LogP contribution is -2.32. The molecule has 0 aromatic heterocycles. The van der Waals surface area contributed by atoms with Crippen molar-refractivity contribution in [3.05, 3.63) is 70.3 Å². The first-order valence-corrected chi connectivity index (χ1v) is 9.19. The zero-order valence-electron chi connectivity index (χ0n) is 14.8. The van der Waals surface area contributed by atoms with E-state index in [1.54, 1.807) is 19.9 Å². The van der Waals surface area contributed by atoms with Gasteiger partial charge < -0.3 is 4.74 Å². The van der Waals surface area contributed by atoms with Gasteiger partial charge in [-0.2, -0.15) is 0 Å². The Kier molecular flexibility index (Phi) is 5.66. The molecular formula is C18H20N2O5S. The largest absolute Gasteiger partial charge is 0.496 e. The molecule has 0 aliphatic heterocycles. The van der Waals surface area contributed by atoms with Gasteiger partial charge in [0.2, 0.25) is 0 Å². The zero-order chi connectivity index (χ0) is 19.5. The Morgan fingerprint density at radius 1 is 1.19 bits per heavy atom. The van der Waals surface area contributed by atoms with Crippen LogP contribution in [0.4, 0.5) is 11.4 Å². The summed E-state index contributed by atoms with van der Waals surface area (Å²) < 4.78 is 32.6. The van der Waals surface area contributed by atoms with Crippen LogP contribution in [0, 0.1) is 24.0 Å². The summed E-state index contributed by atoms with van der Waals surface area (Å²) in [5.74, 6) is 0.575. The van der Waals surface area contributed by atoms with Crippen LogP contribution in [0.2, 0.25) is 0 Å². The van der Waals surface area contributed by atoms with Gasteiger partial charge >= 0.3 is 0 Å². The Labute approximate surface area is 152 Å². The highest BCUT2D eigenvalue weighted by atomic mass is 32.2. The van der Waals surface area contributed by atoms with Gasteiger partial charge in [-0.3, -0.25) is 14.4 Å². The minimum Gasteiger partial charge on any atom is -0.496 e. The third-order valence-corrected chi connectivity index (χ3v) is 5.70. The lowest BCUT2D eigenvalue weighted by atomic mass is 10.2. The molecule has 0 spiro atoms. The molecule has 8 heteroatoms. The van der Waals surface area contributed by atoms with Gasteiger partial charge in [0.1, 0.15) is 5.75 Å². The van der Waals surface area contributed by atoms with Crippen molar-refractivity contribution in [1.82, 2.24) is 0 Å². The van der Waals surface area contributed by atoms with Crippen LogP contribution in [-0.4, -0.2) is 27.0 Å². The first-order valence-electron chi connectivity index (χ1n) is 7.75. The number of aryl methyl sites for hydroxylation is 2. The number of hydrogen-bond acceptors (Lipinski definition) is 5. The Hall–Kier alpha value is -2.87. The van der Waals surface area contributed by atoms with Crippen LogP contribution >= 0.6 is 0 Å². The lowest BCUT2D eigenvalue weighted by Gasteiger charge is -2.25. The molecule has 0 saturated carbocycles. The number of nitrogens with zero attached hydrogens (tertiary/aromatic N) is 2. The zero-order valence-corrected chi connectivity index (χ0v) is 15.6. The van der Waals surface area contributed by atoms with Crippen LogP contribution in [0.3, 0.4) is 0 Å². The Morgan fingerprint density at radius 2 is 1.88 bits per heavy atom. The van der Waals surface area contributed by atoms with E-state index in [-0.39, 0.29) is 22.8 Å². The third kappa shape index (κ3) is 3.70. The second-order valence-corrected chi connectivity index (χ2v) is 7.55. The predicted octanol–water partition coefficient (Wildman–Crippen LogP) is 3.60. The maximum absolute atomic E-state index is 13.2. The van der Waals surface area contributed by atoms with Crippen LogP contribution in [0.5, 0.6) is 5.75 Å². The number of nitro benzene ring substituents is 1. The highest BCUT2D eigenvalue weighted by Crippen LogP contribution is 2.31. The van der Waals surface area contributed by atoms with Crippen molar-refractivity contribution in [1.29, 1.82) is 0 Å². The maximum atomic E-state index is 13.2. The van der Waals surface area contributed by atoms with E-state index in [0.29, 0.717) is 16.9 Å². The summed E-state index contributed by atoms with van der Waals surface area (Å²) >= 11 is 0. The number of ether oxygens (including phenoxy) is 1. The van der Waals surface area contributed by atoms with Crippen molar-refractivity contribution in [2.75, 3.05) is 18.0 Å². The Bertz CT molecular complexity index is 954. The van der Waals surface area contributed by atoms with Gasteiger partial charge in [0, 0.05) is 12.1 Å². The number of nitro groups is 1. The second kappa shape index (κ2) is 7.57. The molecule has 0 atom stereocenters. The molecule has 138 valence electrons. The van der Waals surface area contributed by atoms with E-state index in [0.717, 1.165) is 4.31 Å². The monoisotopic (exact) mass is 376 g/mol. The van der Waals surface area contributed by atoms with Gasteiger partial charge in [-0.15, -0.1) is 6.58 Å². The van der Waals surface area contributed by atoms with E-state index in [1.807, 2.05) is 0 Å². The minimum absolute atomic E-state index is 0.0184. The predicted molar refractivity (Wildman–Crippen MR) is 100 cm³/mol. The van der Waals surface area contributed by atoms with Gasteiger partial charge in [-0.25, -0.2) is 8.42 Å². The van der Waals surface area contributed by atoms with Gasteiger partial charge in [-0.1, -0.05) is 12.1 Å². The van der Waals surface area contributed by atoms with Crippen molar-refractivity contribution < 1.29 is 18.1 Å². The van der Waals surface area contributed by atoms with E-state index >= 15 is 0 Å². The van der Waals surface area contributed by atoms with Crippen molar-refractivity contribution >= 4 is 21.4 Å². The molecule has 0 amide bonds. The standard InChI is InChI=1S/C18H20N2O5S/c1-5-10-19(17-12-15(20(21)22)7-6-13(17)2)26(23,24)16-8-9-18(25-4)14(3)11-16/h5-9,11-12H,1,10H2,2-4H3. The molecule has 0 fully saturated rings. The number of non-ortho nitro benzene ring substituents is 1. The summed E-state index contributed by atoms with van der Waals surface area (Å²) in [5, 5.41) is 11.1. The average molecular weight is 376 g/mol. The number of hydrogen-bond donors (Lipinski definition) is 0. The normalized spacial score (nSPS) is 11.0. The van der Waals surface area contributed by atoms with Crippen molar-refractivity contribution in [3.8, 4) is 5.75 Å². The fourth-order valence-corrected chi connectivity index (χ4v) is 4.14. The molecule has 7 nitrogen and oxygen atoms in total. The molecule has 0 unspecified atom stereocenters. The molecule has 0 saturated heterocycles. The summed E-state index contributed by atoms with van der Waals surface area (Å²) in [4.78, 5) is 10.6. The van der Waals surface area contributed by atoms with Crippen LogP contribution < -0.4 is 9.04 Å². The van der Waals surface area contributed by atoms with Gasteiger partial charge in [0.05, 0.1) is 29.2 Å². The number of sulfonamides is 1. The molecule has 0 bridgehead atoms. The molecule has 2 aromatic rings. The maximum Gasteiger partial charge on any atom is 0.271 e. The van der Waals surface area contributed by atoms with Crippen LogP contribution in [0.25, 0.3) is 0 Å². The molecule has 0 aliphatic carbocycles. The molecule has 0 heterocycles. The van der Waals surface area contributed by atoms with Gasteiger partial charge in [0.15, 0.2) is 0 Å². The molecule has 26 heavy (non-hydrogen) atoms. The van der Waals surface area contributed by atoms with Crippen molar-refractivity contribution in [2.24, 2.45) is 0 Å².